The van der Waals surface area contributed by atoms with Crippen LogP contribution in [0.15, 0.2) is 118 Å². The van der Waals surface area contributed by atoms with Crippen molar-refractivity contribution in [3.63, 3.8) is 0 Å². The van der Waals surface area contributed by atoms with E-state index in [0.717, 1.165) is 54.6 Å². The number of carboxylic acids is 3. The molecule has 0 spiro atoms. The largest absolute Gasteiger partial charge is 1.00 e. The zero-order valence-electron chi connectivity index (χ0n) is 30.6. The number of carboxylic acid groups (broad SMARTS) is 3. The summed E-state index contributed by atoms with van der Waals surface area (Å²) in [6, 6.07) is 19.3. The molecule has 0 amide bonds. The zero-order valence-corrected chi connectivity index (χ0v) is 36.0. The van der Waals surface area contributed by atoms with E-state index in [-0.39, 0.29) is 137 Å². The van der Waals surface area contributed by atoms with Crippen LogP contribution in [0.1, 0.15) is 35.4 Å². The minimum Gasteiger partial charge on any atom is -1.00 e. The van der Waals surface area contributed by atoms with Gasteiger partial charge in [-0.25, -0.2) is 39.6 Å². The van der Waals surface area contributed by atoms with Gasteiger partial charge < -0.3 is 19.6 Å². The van der Waals surface area contributed by atoms with E-state index in [9.17, 15) is 39.6 Å². The van der Waals surface area contributed by atoms with Crippen LogP contribution in [-0.4, -0.2) is 58.5 Å². The summed E-state index contributed by atoms with van der Waals surface area (Å²) in [5.74, 6) is -3.72. The molecule has 0 saturated heterocycles. The number of carbonyl (C=O) groups is 3. The molecule has 5 rings (SSSR count). The SMILES string of the molecule is O=C(O)c1ccc(NS(=O)(=O)c2ccc3c(S(=O)(=O)Nc4ccc(C(=O)O)cc4)cc(S(=O)(=O)Nc4ccc(C(=O)O)cc4)cc3c2)cc1.[H-].[H-].[H-].[Na+].[Na+].[Na+]. The van der Waals surface area contributed by atoms with Crippen molar-refractivity contribution in [2.24, 2.45) is 0 Å². The van der Waals surface area contributed by atoms with Gasteiger partial charge in [-0.3, -0.25) is 14.2 Å². The molecule has 258 valence electrons. The molecule has 52 heavy (non-hydrogen) atoms. The molecule has 0 aromatic heterocycles. The van der Waals surface area contributed by atoms with E-state index in [1.807, 2.05) is 0 Å². The Morgan fingerprint density at radius 1 is 0.442 bits per heavy atom. The first-order valence-corrected chi connectivity index (χ1v) is 18.1. The summed E-state index contributed by atoms with van der Waals surface area (Å²) in [5, 5.41) is 27.2. The van der Waals surface area contributed by atoms with Gasteiger partial charge in [0.05, 0.1) is 31.4 Å². The van der Waals surface area contributed by atoms with Crippen molar-refractivity contribution in [1.82, 2.24) is 0 Å². The summed E-state index contributed by atoms with van der Waals surface area (Å²) in [7, 11) is -13.6. The third kappa shape index (κ3) is 10.6. The second-order valence-corrected chi connectivity index (χ2v) is 15.3. The number of nitrogens with one attached hydrogen (secondary N) is 3. The summed E-state index contributed by atoms with van der Waals surface area (Å²) in [5.41, 5.74) is -0.426. The fraction of sp³-hybridized carbons (Fsp3) is 0. The van der Waals surface area contributed by atoms with Crippen LogP contribution < -0.4 is 103 Å². The van der Waals surface area contributed by atoms with Crippen LogP contribution in [0, 0.1) is 0 Å². The summed E-state index contributed by atoms with van der Waals surface area (Å²) >= 11 is 0. The van der Waals surface area contributed by atoms with Crippen LogP contribution in [0.25, 0.3) is 10.8 Å². The number of anilines is 3. The van der Waals surface area contributed by atoms with Gasteiger partial charge in [-0.1, -0.05) is 6.07 Å². The maximum absolute atomic E-state index is 13.7. The minimum absolute atomic E-state index is 0. The molecule has 5 aromatic carbocycles. The molecule has 0 unspecified atom stereocenters. The van der Waals surface area contributed by atoms with Crippen LogP contribution in [0.4, 0.5) is 17.1 Å². The fourth-order valence-corrected chi connectivity index (χ4v) is 8.11. The van der Waals surface area contributed by atoms with Crippen molar-refractivity contribution in [2.45, 2.75) is 14.7 Å². The summed E-state index contributed by atoms with van der Waals surface area (Å²) in [6.45, 7) is 0. The monoisotopic (exact) mass is 797 g/mol. The van der Waals surface area contributed by atoms with Gasteiger partial charge in [0.2, 0.25) is 0 Å². The second kappa shape index (κ2) is 17.9. The van der Waals surface area contributed by atoms with Crippen molar-refractivity contribution in [3.8, 4) is 0 Å². The Hall–Kier alpha value is -2.98. The first-order valence-electron chi connectivity index (χ1n) is 13.6. The first kappa shape index (κ1) is 45.2. The van der Waals surface area contributed by atoms with Gasteiger partial charge in [0.25, 0.3) is 30.1 Å². The van der Waals surface area contributed by atoms with Crippen LogP contribution in [0.2, 0.25) is 0 Å². The minimum atomic E-state index is -4.62. The number of hydrogen-bond acceptors (Lipinski definition) is 9. The van der Waals surface area contributed by atoms with Gasteiger partial charge in [-0.2, -0.15) is 0 Å². The van der Waals surface area contributed by atoms with Gasteiger partial charge in [0.1, 0.15) is 0 Å². The Labute approximate surface area is 368 Å². The molecule has 6 N–H and O–H groups in total. The molecule has 0 fully saturated rings. The van der Waals surface area contributed by atoms with E-state index in [1.165, 1.54) is 48.5 Å². The average Bonchev–Trinajstić information content (AvgIpc) is 3.04. The molecular formula is C31H26N3Na3O12S3. The molecule has 5 aromatic rings. The van der Waals surface area contributed by atoms with Gasteiger partial charge in [-0.05, 0) is 102 Å². The Kier molecular flexibility index (Phi) is 15.5. The topological polar surface area (TPSA) is 250 Å². The molecule has 0 saturated carbocycles. The molecule has 0 radical (unpaired) electrons. The van der Waals surface area contributed by atoms with E-state index >= 15 is 0 Å². The quantitative estimate of drug-likeness (QED) is 0.0657. The Balaban J connectivity index is 0. The summed E-state index contributed by atoms with van der Waals surface area (Å²) in [6.07, 6.45) is 0. The predicted molar refractivity (Wildman–Crippen MR) is 180 cm³/mol. The van der Waals surface area contributed by atoms with E-state index in [4.69, 9.17) is 15.3 Å². The third-order valence-electron chi connectivity index (χ3n) is 6.92. The van der Waals surface area contributed by atoms with E-state index < -0.39 is 62.7 Å². The van der Waals surface area contributed by atoms with Crippen molar-refractivity contribution in [3.05, 3.63) is 120 Å². The Bertz CT molecular complexity index is 2490. The maximum atomic E-state index is 13.7. The van der Waals surface area contributed by atoms with E-state index in [2.05, 4.69) is 14.2 Å². The van der Waals surface area contributed by atoms with E-state index in [0.29, 0.717) is 0 Å². The van der Waals surface area contributed by atoms with Gasteiger partial charge in [0, 0.05) is 22.4 Å². The van der Waals surface area contributed by atoms with Crippen molar-refractivity contribution < 1.29 is 148 Å². The standard InChI is InChI=1S/C31H23N3O12S3.3Na.3H/c35-29(36)18-1-7-22(8-2-18)32-47(41,42)25-13-14-27-21(15-25)16-26(48(43,44)33-23-9-3-19(4-10-23)30(37)38)17-28(27)49(45,46)34-24-11-5-20(6-12-24)31(39)40;;;;;;/h1-17,32-34H,(H,35,36)(H,37,38)(H,39,40);;;;;;/q;3*+1;3*-1. The van der Waals surface area contributed by atoms with Crippen molar-refractivity contribution in [1.29, 1.82) is 0 Å². The van der Waals surface area contributed by atoms with Crippen LogP contribution in [0.5, 0.6) is 0 Å². The maximum Gasteiger partial charge on any atom is 1.00 e. The smallest absolute Gasteiger partial charge is 1.00 e. The molecule has 15 nitrogen and oxygen atoms in total. The fourth-order valence-electron chi connectivity index (χ4n) is 4.51. The number of sulfonamides is 3. The van der Waals surface area contributed by atoms with E-state index in [1.54, 1.807) is 0 Å². The Morgan fingerprint density at radius 3 is 1.13 bits per heavy atom. The van der Waals surface area contributed by atoms with Crippen LogP contribution in [-0.2, 0) is 30.1 Å². The number of aromatic carboxylic acids is 3. The summed E-state index contributed by atoms with van der Waals surface area (Å²) < 4.78 is 87.8. The average molecular weight is 798 g/mol. The number of benzene rings is 5. The van der Waals surface area contributed by atoms with Gasteiger partial charge >= 0.3 is 107 Å². The second-order valence-electron chi connectivity index (χ2n) is 10.3. The molecule has 0 aliphatic rings. The van der Waals surface area contributed by atoms with Crippen molar-refractivity contribution >= 4 is 75.8 Å². The molecular weight excluding hydrogens is 772 g/mol. The third-order valence-corrected chi connectivity index (χ3v) is 11.1. The predicted octanol–water partition coefficient (Wildman–Crippen LogP) is -4.31. The van der Waals surface area contributed by atoms with Crippen molar-refractivity contribution in [2.75, 3.05) is 14.2 Å². The molecule has 0 bridgehead atoms. The molecule has 0 aliphatic carbocycles. The zero-order chi connectivity index (χ0) is 35.7. The molecule has 21 heteroatoms. The Morgan fingerprint density at radius 2 is 0.769 bits per heavy atom. The number of hydrogen-bond donors (Lipinski definition) is 6. The van der Waals surface area contributed by atoms with Crippen LogP contribution in [0.3, 0.4) is 0 Å². The molecule has 0 heterocycles. The van der Waals surface area contributed by atoms with Crippen LogP contribution >= 0.6 is 0 Å². The van der Waals surface area contributed by atoms with Gasteiger partial charge in [0.15, 0.2) is 0 Å². The number of rotatable bonds is 12. The summed E-state index contributed by atoms with van der Waals surface area (Å²) in [4.78, 5) is 32.0. The number of fused-ring (bicyclic) bond motifs is 1. The molecule has 0 aliphatic heterocycles. The molecule has 0 atom stereocenters. The normalized spacial score (nSPS) is 11.2. The first-order chi connectivity index (χ1) is 22.9. The van der Waals surface area contributed by atoms with Gasteiger partial charge in [-0.15, -0.1) is 0 Å².